The van der Waals surface area contributed by atoms with E-state index in [-0.39, 0.29) is 11.3 Å². The minimum Gasteiger partial charge on any atom is -0.481 e. The zero-order valence-electron chi connectivity index (χ0n) is 8.65. The third kappa shape index (κ3) is 2.80. The summed E-state index contributed by atoms with van der Waals surface area (Å²) in [6.07, 6.45) is 2.23. The molecule has 0 saturated heterocycles. The maximum Gasteiger partial charge on any atom is 0.307 e. The number of hydrogen-bond donors (Lipinski definition) is 1. The minimum absolute atomic E-state index is 0.225. The lowest BCUT2D eigenvalue weighted by atomic mass is 9.79. The first-order valence-corrected chi connectivity index (χ1v) is 5.40. The molecule has 3 nitrogen and oxygen atoms in total. The van der Waals surface area contributed by atoms with E-state index in [0.29, 0.717) is 6.42 Å². The summed E-state index contributed by atoms with van der Waals surface area (Å²) in [4.78, 5) is 15.2. The van der Waals surface area contributed by atoms with Crippen molar-refractivity contribution in [1.29, 1.82) is 0 Å². The second kappa shape index (κ2) is 4.09. The Labute approximate surface area is 87.8 Å². The number of nitrogens with zero attached hydrogens (tertiary/aromatic N) is 1. The van der Waals surface area contributed by atoms with E-state index < -0.39 is 5.97 Å². The summed E-state index contributed by atoms with van der Waals surface area (Å²) < 4.78 is 0. The molecule has 0 amide bonds. The molecule has 0 unspecified atom stereocenters. The van der Waals surface area contributed by atoms with Gasteiger partial charge in [-0.05, 0) is 5.41 Å². The van der Waals surface area contributed by atoms with Gasteiger partial charge in [0.25, 0.3) is 0 Å². The van der Waals surface area contributed by atoms with Gasteiger partial charge in [0.05, 0.1) is 10.9 Å². The molecule has 1 aromatic rings. The first kappa shape index (κ1) is 11.2. The predicted molar refractivity (Wildman–Crippen MR) is 56.4 cm³/mol. The Morgan fingerprint density at radius 1 is 1.64 bits per heavy atom. The number of hydrogen-bond acceptors (Lipinski definition) is 3. The van der Waals surface area contributed by atoms with Gasteiger partial charge in [0, 0.05) is 18.0 Å². The van der Waals surface area contributed by atoms with Crippen LogP contribution in [0.2, 0.25) is 0 Å². The highest BCUT2D eigenvalue weighted by Crippen LogP contribution is 2.29. The molecular weight excluding hydrogens is 198 g/mol. The number of aliphatic carboxylic acids is 1. The zero-order valence-corrected chi connectivity index (χ0v) is 9.47. The Hall–Kier alpha value is -0.900. The molecule has 0 spiro atoms. The molecule has 0 aliphatic rings. The lowest BCUT2D eigenvalue weighted by Crippen LogP contribution is -2.30. The molecule has 4 heteroatoms. The van der Waals surface area contributed by atoms with Crippen molar-refractivity contribution in [3.8, 4) is 0 Å². The highest BCUT2D eigenvalue weighted by Gasteiger charge is 2.31. The molecule has 78 valence electrons. The third-order valence-electron chi connectivity index (χ3n) is 2.21. The maximum atomic E-state index is 11.0. The number of thiazole rings is 1. The standard InChI is InChI=1S/C10H15NO2S/c1-10(2,3)7(9(12)13)6-8-11-4-5-14-8/h4-5,7H,6H2,1-3H3,(H,12,13)/t7-/m0/s1. The van der Waals surface area contributed by atoms with E-state index in [1.165, 1.54) is 11.3 Å². The molecule has 0 aliphatic heterocycles. The van der Waals surface area contributed by atoms with E-state index in [1.54, 1.807) is 6.20 Å². The van der Waals surface area contributed by atoms with E-state index in [9.17, 15) is 4.79 Å². The number of carboxylic acids is 1. The van der Waals surface area contributed by atoms with E-state index in [2.05, 4.69) is 4.98 Å². The molecule has 1 aromatic heterocycles. The molecule has 0 saturated carbocycles. The van der Waals surface area contributed by atoms with Gasteiger partial charge in [-0.25, -0.2) is 4.98 Å². The van der Waals surface area contributed by atoms with Crippen LogP contribution in [0.1, 0.15) is 25.8 Å². The van der Waals surface area contributed by atoms with Gasteiger partial charge in [0.2, 0.25) is 0 Å². The van der Waals surface area contributed by atoms with Crippen molar-refractivity contribution in [3.05, 3.63) is 16.6 Å². The van der Waals surface area contributed by atoms with Crippen LogP contribution in [0.5, 0.6) is 0 Å². The quantitative estimate of drug-likeness (QED) is 0.839. The molecule has 0 aromatic carbocycles. The lowest BCUT2D eigenvalue weighted by molar-refractivity contribution is -0.145. The molecular formula is C10H15NO2S. The number of carbonyl (C=O) groups is 1. The number of aromatic nitrogens is 1. The summed E-state index contributed by atoms with van der Waals surface area (Å²) in [5.41, 5.74) is -0.225. The topological polar surface area (TPSA) is 50.2 Å². The first-order chi connectivity index (χ1) is 6.41. The van der Waals surface area contributed by atoms with Gasteiger partial charge in [-0.15, -0.1) is 11.3 Å². The van der Waals surface area contributed by atoms with Crippen LogP contribution < -0.4 is 0 Å². The van der Waals surface area contributed by atoms with E-state index in [4.69, 9.17) is 5.11 Å². The smallest absolute Gasteiger partial charge is 0.307 e. The number of rotatable bonds is 3. The summed E-state index contributed by atoms with van der Waals surface area (Å²) in [5, 5.41) is 11.9. The van der Waals surface area contributed by atoms with Gasteiger partial charge in [0.1, 0.15) is 0 Å². The van der Waals surface area contributed by atoms with Crippen LogP contribution in [0.25, 0.3) is 0 Å². The van der Waals surface area contributed by atoms with E-state index >= 15 is 0 Å². The second-order valence-corrected chi connectivity index (χ2v) is 5.37. The van der Waals surface area contributed by atoms with Gasteiger partial charge >= 0.3 is 5.97 Å². The van der Waals surface area contributed by atoms with Crippen LogP contribution >= 0.6 is 11.3 Å². The summed E-state index contributed by atoms with van der Waals surface area (Å²) in [5.74, 6) is -1.11. The van der Waals surface area contributed by atoms with Crippen molar-refractivity contribution < 1.29 is 9.90 Å². The monoisotopic (exact) mass is 213 g/mol. The normalized spacial score (nSPS) is 13.9. The SMILES string of the molecule is CC(C)(C)[C@@H](Cc1nccs1)C(=O)O. The highest BCUT2D eigenvalue weighted by molar-refractivity contribution is 7.09. The predicted octanol–water partition coefficient (Wildman–Crippen LogP) is 2.43. The molecule has 0 radical (unpaired) electrons. The van der Waals surface area contributed by atoms with Crippen molar-refractivity contribution >= 4 is 17.3 Å². The van der Waals surface area contributed by atoms with Gasteiger partial charge in [-0.2, -0.15) is 0 Å². The Morgan fingerprint density at radius 2 is 2.29 bits per heavy atom. The Balaban J connectivity index is 2.76. The molecule has 1 N–H and O–H groups in total. The third-order valence-corrected chi connectivity index (χ3v) is 3.01. The van der Waals surface area contributed by atoms with Crippen LogP contribution in [0.15, 0.2) is 11.6 Å². The highest BCUT2D eigenvalue weighted by atomic mass is 32.1. The molecule has 14 heavy (non-hydrogen) atoms. The summed E-state index contributed by atoms with van der Waals surface area (Å²) in [6.45, 7) is 5.83. The van der Waals surface area contributed by atoms with Gasteiger partial charge in [0.15, 0.2) is 0 Å². The van der Waals surface area contributed by atoms with Gasteiger partial charge in [-0.1, -0.05) is 20.8 Å². The van der Waals surface area contributed by atoms with Crippen LogP contribution in [0.3, 0.4) is 0 Å². The molecule has 1 heterocycles. The largest absolute Gasteiger partial charge is 0.481 e. The molecule has 1 rings (SSSR count). The second-order valence-electron chi connectivity index (χ2n) is 4.39. The summed E-state index contributed by atoms with van der Waals surface area (Å²) in [6, 6.07) is 0. The number of carboxylic acid groups (broad SMARTS) is 1. The van der Waals surface area contributed by atoms with Crippen LogP contribution in [0, 0.1) is 11.3 Å². The average Bonchev–Trinajstić information content (AvgIpc) is 2.48. The maximum absolute atomic E-state index is 11.0. The molecule has 0 bridgehead atoms. The Bertz CT molecular complexity index is 300. The van der Waals surface area contributed by atoms with E-state index in [0.717, 1.165) is 5.01 Å². The zero-order chi connectivity index (χ0) is 10.8. The van der Waals surface area contributed by atoms with Gasteiger partial charge < -0.3 is 5.11 Å². The Kier molecular flexibility index (Phi) is 3.26. The molecule has 0 fully saturated rings. The van der Waals surface area contributed by atoms with E-state index in [1.807, 2.05) is 26.2 Å². The Morgan fingerprint density at radius 3 is 2.64 bits per heavy atom. The van der Waals surface area contributed by atoms with Crippen molar-refractivity contribution in [1.82, 2.24) is 4.98 Å². The fraction of sp³-hybridized carbons (Fsp3) is 0.600. The van der Waals surface area contributed by atoms with Gasteiger partial charge in [-0.3, -0.25) is 4.79 Å². The van der Waals surface area contributed by atoms with Crippen LogP contribution in [-0.4, -0.2) is 16.1 Å². The fourth-order valence-corrected chi connectivity index (χ4v) is 1.96. The van der Waals surface area contributed by atoms with Crippen LogP contribution in [0.4, 0.5) is 0 Å². The summed E-state index contributed by atoms with van der Waals surface area (Å²) in [7, 11) is 0. The lowest BCUT2D eigenvalue weighted by Gasteiger charge is -2.26. The molecule has 0 aliphatic carbocycles. The fourth-order valence-electron chi connectivity index (χ4n) is 1.29. The average molecular weight is 213 g/mol. The van der Waals surface area contributed by atoms with Crippen molar-refractivity contribution in [2.24, 2.45) is 11.3 Å². The van der Waals surface area contributed by atoms with Crippen molar-refractivity contribution in [2.75, 3.05) is 0 Å². The van der Waals surface area contributed by atoms with Crippen molar-refractivity contribution in [2.45, 2.75) is 27.2 Å². The first-order valence-electron chi connectivity index (χ1n) is 4.52. The molecule has 1 atom stereocenters. The summed E-state index contributed by atoms with van der Waals surface area (Å²) >= 11 is 1.51. The minimum atomic E-state index is -0.743. The van der Waals surface area contributed by atoms with Crippen molar-refractivity contribution in [3.63, 3.8) is 0 Å². The van der Waals surface area contributed by atoms with Crippen LogP contribution in [-0.2, 0) is 11.2 Å².